The molecule has 2 atom stereocenters. The zero-order valence-electron chi connectivity index (χ0n) is 18.8. The number of hydrogen-bond donors (Lipinski definition) is 3. The highest BCUT2D eigenvalue weighted by Crippen LogP contribution is 2.41. The average Bonchev–Trinajstić information content (AvgIpc) is 3.28. The normalized spacial score (nSPS) is 18.3. The Hall–Kier alpha value is -3.12. The lowest BCUT2D eigenvalue weighted by Crippen LogP contribution is -2.43. The number of primary sulfonamides is 1. The number of primary amides is 1. The summed E-state index contributed by atoms with van der Waals surface area (Å²) < 4.78 is 34.8. The lowest BCUT2D eigenvalue weighted by molar-refractivity contribution is -0.0865. The van der Waals surface area contributed by atoms with Gasteiger partial charge in [-0.1, -0.05) is 18.0 Å². The van der Waals surface area contributed by atoms with Gasteiger partial charge in [-0.05, 0) is 61.7 Å². The molecule has 0 aliphatic heterocycles. The van der Waals surface area contributed by atoms with Crippen LogP contribution < -0.4 is 15.6 Å². The molecule has 0 bridgehead atoms. The van der Waals surface area contributed by atoms with Gasteiger partial charge in [0.15, 0.2) is 11.7 Å². The van der Waals surface area contributed by atoms with Crippen LogP contribution in [0.15, 0.2) is 51.8 Å². The predicted molar refractivity (Wildman–Crippen MR) is 129 cm³/mol. The molecule has 2 aromatic carbocycles. The minimum absolute atomic E-state index is 0.0281. The standard InChI is InChI=1S/C23H25ClN4O6S/c1-33-19-10-7-14(12-18(19)24)20-21(13-5-8-17(9-6-13)35(26,31)32)34-22(27-20)15-3-2-4-16(11-15)28(30)23(25)29/h5-10,12,15-16,30H,2-4,11H2,1H3,(H2,25,29)(H2,26,31,32). The van der Waals surface area contributed by atoms with Gasteiger partial charge in [-0.3, -0.25) is 5.21 Å². The SMILES string of the molecule is COc1ccc(-c2nc(C3CCCC(N(O)C(N)=O)C3)oc2-c2ccc(S(N)(=O)=O)cc2)cc1Cl. The number of methoxy groups -OCH3 is 1. The monoisotopic (exact) mass is 520 g/mol. The fourth-order valence-corrected chi connectivity index (χ4v) is 5.08. The van der Waals surface area contributed by atoms with E-state index >= 15 is 0 Å². The maximum absolute atomic E-state index is 11.7. The number of rotatable bonds is 6. The van der Waals surface area contributed by atoms with Gasteiger partial charge in [0.1, 0.15) is 11.4 Å². The molecule has 2 amide bonds. The summed E-state index contributed by atoms with van der Waals surface area (Å²) in [6.07, 6.45) is 2.52. The average molecular weight is 521 g/mol. The fraction of sp³-hybridized carbons (Fsp3) is 0.304. The van der Waals surface area contributed by atoms with Crippen molar-refractivity contribution >= 4 is 27.7 Å². The topological polar surface area (TPSA) is 162 Å². The summed E-state index contributed by atoms with van der Waals surface area (Å²) >= 11 is 6.35. The maximum Gasteiger partial charge on any atom is 0.338 e. The Labute approximate surface area is 207 Å². The first-order valence-corrected chi connectivity index (χ1v) is 12.8. The molecular formula is C23H25ClN4O6S. The van der Waals surface area contributed by atoms with Crippen molar-refractivity contribution in [2.45, 2.75) is 42.5 Å². The van der Waals surface area contributed by atoms with Crippen molar-refractivity contribution in [2.24, 2.45) is 10.9 Å². The number of carbonyl (C=O) groups excluding carboxylic acids is 1. The molecular weight excluding hydrogens is 496 g/mol. The van der Waals surface area contributed by atoms with Crippen molar-refractivity contribution in [1.29, 1.82) is 0 Å². The molecule has 4 rings (SSSR count). The van der Waals surface area contributed by atoms with Gasteiger partial charge in [0.2, 0.25) is 10.0 Å². The molecule has 5 N–H and O–H groups in total. The molecule has 0 saturated heterocycles. The van der Waals surface area contributed by atoms with Crippen LogP contribution in [0.4, 0.5) is 4.79 Å². The van der Waals surface area contributed by atoms with Crippen LogP contribution in [0.25, 0.3) is 22.6 Å². The van der Waals surface area contributed by atoms with E-state index in [0.717, 1.165) is 12.8 Å². The maximum atomic E-state index is 11.7. The third-order valence-corrected chi connectivity index (χ3v) is 7.31. The number of benzene rings is 2. The quantitative estimate of drug-likeness (QED) is 0.325. The third kappa shape index (κ3) is 5.27. The number of hydroxylamine groups is 2. The van der Waals surface area contributed by atoms with Gasteiger partial charge in [-0.2, -0.15) is 0 Å². The second-order valence-corrected chi connectivity index (χ2v) is 10.3. The van der Waals surface area contributed by atoms with Gasteiger partial charge in [0.05, 0.1) is 23.1 Å². The van der Waals surface area contributed by atoms with E-state index in [1.165, 1.54) is 19.2 Å². The van der Waals surface area contributed by atoms with Crippen LogP contribution in [0, 0.1) is 0 Å². The Kier molecular flexibility index (Phi) is 7.04. The van der Waals surface area contributed by atoms with E-state index in [-0.39, 0.29) is 10.8 Å². The van der Waals surface area contributed by atoms with Crippen molar-refractivity contribution in [2.75, 3.05) is 7.11 Å². The smallest absolute Gasteiger partial charge is 0.338 e. The molecule has 3 aromatic rings. The lowest BCUT2D eigenvalue weighted by atomic mass is 9.85. The summed E-state index contributed by atoms with van der Waals surface area (Å²) in [5, 5.41) is 16.2. The minimum atomic E-state index is -3.85. The number of amides is 2. The first-order valence-electron chi connectivity index (χ1n) is 10.8. The van der Waals surface area contributed by atoms with Crippen LogP contribution in [0.5, 0.6) is 5.75 Å². The Bertz CT molecular complexity index is 1340. The summed E-state index contributed by atoms with van der Waals surface area (Å²) in [5.41, 5.74) is 7.00. The van der Waals surface area contributed by atoms with E-state index in [2.05, 4.69) is 0 Å². The first-order chi connectivity index (χ1) is 16.6. The van der Waals surface area contributed by atoms with Gasteiger partial charge >= 0.3 is 6.03 Å². The Morgan fingerprint density at radius 3 is 2.49 bits per heavy atom. The van der Waals surface area contributed by atoms with Crippen molar-refractivity contribution in [3.8, 4) is 28.3 Å². The molecule has 1 heterocycles. The largest absolute Gasteiger partial charge is 0.495 e. The highest BCUT2D eigenvalue weighted by atomic mass is 35.5. The number of urea groups is 1. The Morgan fingerprint density at radius 1 is 1.20 bits per heavy atom. The molecule has 35 heavy (non-hydrogen) atoms. The lowest BCUT2D eigenvalue weighted by Gasteiger charge is -2.31. The van der Waals surface area contributed by atoms with Gasteiger partial charge in [0, 0.05) is 17.0 Å². The zero-order chi connectivity index (χ0) is 25.3. The highest BCUT2D eigenvalue weighted by molar-refractivity contribution is 7.89. The number of aromatic nitrogens is 1. The summed E-state index contributed by atoms with van der Waals surface area (Å²) in [4.78, 5) is 16.2. The molecule has 0 radical (unpaired) electrons. The molecule has 186 valence electrons. The number of carbonyl (C=O) groups is 1. The molecule has 1 fully saturated rings. The van der Waals surface area contributed by atoms with Gasteiger partial charge in [0.25, 0.3) is 0 Å². The summed E-state index contributed by atoms with van der Waals surface area (Å²) in [6, 6.07) is 9.82. The predicted octanol–water partition coefficient (Wildman–Crippen LogP) is 4.11. The Balaban J connectivity index is 1.77. The second-order valence-electron chi connectivity index (χ2n) is 8.35. The number of sulfonamides is 1. The highest BCUT2D eigenvalue weighted by Gasteiger charge is 2.32. The molecule has 2 unspecified atom stereocenters. The van der Waals surface area contributed by atoms with Gasteiger partial charge < -0.3 is 14.9 Å². The van der Waals surface area contributed by atoms with Crippen molar-refractivity contribution in [1.82, 2.24) is 10.0 Å². The van der Waals surface area contributed by atoms with Crippen LogP contribution in [0.1, 0.15) is 37.5 Å². The van der Waals surface area contributed by atoms with E-state index in [1.54, 1.807) is 30.3 Å². The van der Waals surface area contributed by atoms with Gasteiger partial charge in [-0.15, -0.1) is 0 Å². The molecule has 1 aliphatic carbocycles. The van der Waals surface area contributed by atoms with Crippen LogP contribution in [-0.4, -0.2) is 42.9 Å². The molecule has 1 aliphatic rings. The van der Waals surface area contributed by atoms with Crippen LogP contribution in [0.3, 0.4) is 0 Å². The number of hydrogen-bond acceptors (Lipinski definition) is 7. The van der Waals surface area contributed by atoms with E-state index < -0.39 is 22.1 Å². The number of nitrogens with two attached hydrogens (primary N) is 2. The fourth-order valence-electron chi connectivity index (χ4n) is 4.30. The first kappa shape index (κ1) is 25.0. The number of halogens is 1. The zero-order valence-corrected chi connectivity index (χ0v) is 20.4. The summed E-state index contributed by atoms with van der Waals surface area (Å²) in [6.45, 7) is 0. The van der Waals surface area contributed by atoms with Gasteiger partial charge in [-0.25, -0.2) is 28.4 Å². The molecule has 1 aromatic heterocycles. The Morgan fingerprint density at radius 2 is 1.89 bits per heavy atom. The summed E-state index contributed by atoms with van der Waals surface area (Å²) in [7, 11) is -2.34. The van der Waals surface area contributed by atoms with Crippen LogP contribution >= 0.6 is 11.6 Å². The van der Waals surface area contributed by atoms with E-state index in [4.69, 9.17) is 36.6 Å². The number of ether oxygens (including phenoxy) is 1. The molecule has 12 heteroatoms. The van der Waals surface area contributed by atoms with Crippen molar-refractivity contribution in [3.63, 3.8) is 0 Å². The molecule has 1 saturated carbocycles. The van der Waals surface area contributed by atoms with E-state index in [1.807, 2.05) is 0 Å². The van der Waals surface area contributed by atoms with Crippen molar-refractivity contribution in [3.05, 3.63) is 53.4 Å². The third-order valence-electron chi connectivity index (χ3n) is 6.08. The van der Waals surface area contributed by atoms with E-state index in [0.29, 0.717) is 57.1 Å². The minimum Gasteiger partial charge on any atom is -0.495 e. The number of nitrogens with zero attached hydrogens (tertiary/aromatic N) is 2. The molecule has 0 spiro atoms. The van der Waals surface area contributed by atoms with Crippen molar-refractivity contribution < 1.29 is 27.6 Å². The molecule has 10 nitrogen and oxygen atoms in total. The van der Waals surface area contributed by atoms with Crippen LogP contribution in [0.2, 0.25) is 5.02 Å². The number of oxazole rings is 1. The van der Waals surface area contributed by atoms with Crippen LogP contribution in [-0.2, 0) is 10.0 Å². The second kappa shape index (κ2) is 9.86. The summed E-state index contributed by atoms with van der Waals surface area (Å²) in [5.74, 6) is 1.18. The van der Waals surface area contributed by atoms with E-state index in [9.17, 15) is 18.4 Å².